The number of hydrogen-bond donors (Lipinski definition) is 2. The van der Waals surface area contributed by atoms with Crippen molar-refractivity contribution in [3.63, 3.8) is 0 Å². The van der Waals surface area contributed by atoms with Crippen LogP contribution in [-0.2, 0) is 0 Å². The maximum absolute atomic E-state index is 11.7. The Labute approximate surface area is 133 Å². The minimum absolute atomic E-state index is 0.258. The highest BCUT2D eigenvalue weighted by Gasteiger charge is 2.08. The summed E-state index contributed by atoms with van der Waals surface area (Å²) in [6.45, 7) is 3.92. The summed E-state index contributed by atoms with van der Waals surface area (Å²) in [5.41, 5.74) is 1.00. The molecule has 2 N–H and O–H groups in total. The zero-order valence-electron chi connectivity index (χ0n) is 12.0. The normalized spacial score (nSPS) is 9.91. The molecule has 1 aromatic heterocycles. The molecule has 22 heavy (non-hydrogen) atoms. The first-order valence-electron chi connectivity index (χ1n) is 6.45. The molecule has 2 rings (SSSR count). The molecule has 0 saturated carbocycles. The number of rotatable bonds is 6. The highest BCUT2D eigenvalue weighted by molar-refractivity contribution is 6.31. The lowest BCUT2D eigenvalue weighted by Crippen LogP contribution is -2.23. The van der Waals surface area contributed by atoms with Gasteiger partial charge in [-0.25, -0.2) is 9.97 Å². The Hall–Kier alpha value is -2.60. The van der Waals surface area contributed by atoms with E-state index >= 15 is 0 Å². The van der Waals surface area contributed by atoms with Gasteiger partial charge in [-0.2, -0.15) is 0 Å². The molecule has 0 saturated heterocycles. The van der Waals surface area contributed by atoms with Crippen LogP contribution in [0.25, 0.3) is 0 Å². The number of carbonyl (C=O) groups is 1. The molecule has 0 unspecified atom stereocenters. The zero-order valence-corrected chi connectivity index (χ0v) is 12.7. The lowest BCUT2D eigenvalue weighted by molar-refractivity contribution is 0.0957. The summed E-state index contributed by atoms with van der Waals surface area (Å²) < 4.78 is 5.23. The summed E-state index contributed by atoms with van der Waals surface area (Å²) in [4.78, 5) is 19.9. The van der Waals surface area contributed by atoms with Crippen molar-refractivity contribution in [1.29, 1.82) is 0 Å². The first-order chi connectivity index (χ1) is 10.6. The van der Waals surface area contributed by atoms with E-state index in [1.54, 1.807) is 31.4 Å². The van der Waals surface area contributed by atoms with Gasteiger partial charge in [-0.3, -0.25) is 4.79 Å². The molecule has 1 heterocycles. The summed E-state index contributed by atoms with van der Waals surface area (Å²) in [6, 6.07) is 5.16. The molecule has 1 aromatic carbocycles. The molecule has 1 amide bonds. The van der Waals surface area contributed by atoms with E-state index in [1.165, 1.54) is 12.4 Å². The van der Waals surface area contributed by atoms with Gasteiger partial charge in [0.25, 0.3) is 5.91 Å². The number of hydrogen-bond acceptors (Lipinski definition) is 5. The van der Waals surface area contributed by atoms with Gasteiger partial charge in [-0.05, 0) is 18.2 Å². The van der Waals surface area contributed by atoms with Crippen LogP contribution < -0.4 is 15.4 Å². The minimum atomic E-state index is -0.258. The van der Waals surface area contributed by atoms with Crippen LogP contribution in [0.2, 0.25) is 5.02 Å². The van der Waals surface area contributed by atoms with Crippen LogP contribution >= 0.6 is 11.6 Å². The lowest BCUT2D eigenvalue weighted by Gasteiger charge is -2.10. The Morgan fingerprint density at radius 3 is 2.77 bits per heavy atom. The van der Waals surface area contributed by atoms with Crippen LogP contribution in [-0.4, -0.2) is 29.5 Å². The van der Waals surface area contributed by atoms with E-state index in [0.29, 0.717) is 34.5 Å². The molecule has 0 aliphatic rings. The fourth-order valence-corrected chi connectivity index (χ4v) is 1.85. The molecule has 0 fully saturated rings. The predicted molar refractivity (Wildman–Crippen MR) is 85.8 cm³/mol. The Kier molecular flexibility index (Phi) is 5.32. The molecule has 0 aliphatic carbocycles. The van der Waals surface area contributed by atoms with E-state index in [-0.39, 0.29) is 5.91 Å². The number of aromatic nitrogens is 2. The number of anilines is 2. The number of halogens is 1. The van der Waals surface area contributed by atoms with Crippen LogP contribution in [0.3, 0.4) is 0 Å². The Balaban J connectivity index is 2.13. The SMILES string of the molecule is C=CCNC(=O)c1cnc(Nc2cc(Cl)ccc2OC)nc1. The Morgan fingerprint density at radius 1 is 1.41 bits per heavy atom. The number of ether oxygens (including phenoxy) is 1. The molecule has 2 aromatic rings. The van der Waals surface area contributed by atoms with Gasteiger partial charge in [0.15, 0.2) is 0 Å². The molecule has 6 nitrogen and oxygen atoms in total. The van der Waals surface area contributed by atoms with E-state index in [9.17, 15) is 4.79 Å². The van der Waals surface area contributed by atoms with Gasteiger partial charge in [0, 0.05) is 24.0 Å². The van der Waals surface area contributed by atoms with Gasteiger partial charge in [0.05, 0.1) is 18.4 Å². The smallest absolute Gasteiger partial charge is 0.254 e. The van der Waals surface area contributed by atoms with Gasteiger partial charge in [0.1, 0.15) is 5.75 Å². The molecule has 0 bridgehead atoms. The molecule has 0 atom stereocenters. The van der Waals surface area contributed by atoms with Gasteiger partial charge >= 0.3 is 0 Å². The fourth-order valence-electron chi connectivity index (χ4n) is 1.68. The summed E-state index contributed by atoms with van der Waals surface area (Å²) in [6.07, 6.45) is 4.47. The third-order valence-corrected chi connectivity index (χ3v) is 2.96. The van der Waals surface area contributed by atoms with Crippen molar-refractivity contribution in [3.05, 3.63) is 53.8 Å². The highest BCUT2D eigenvalue weighted by Crippen LogP contribution is 2.29. The van der Waals surface area contributed by atoms with Crippen LogP contribution in [0.5, 0.6) is 5.75 Å². The van der Waals surface area contributed by atoms with Crippen molar-refractivity contribution in [2.45, 2.75) is 0 Å². The second-order valence-corrected chi connectivity index (χ2v) is 4.70. The van der Waals surface area contributed by atoms with Crippen LogP contribution in [0.15, 0.2) is 43.2 Å². The van der Waals surface area contributed by atoms with Crippen LogP contribution in [0, 0.1) is 0 Å². The van der Waals surface area contributed by atoms with Crippen LogP contribution in [0.1, 0.15) is 10.4 Å². The monoisotopic (exact) mass is 318 g/mol. The standard InChI is InChI=1S/C15H15ClN4O2/c1-3-6-17-14(21)10-8-18-15(19-9-10)20-12-7-11(16)4-5-13(12)22-2/h3-5,7-9H,1,6H2,2H3,(H,17,21)(H,18,19,20). The molecule has 0 spiro atoms. The molecule has 114 valence electrons. The number of methoxy groups -OCH3 is 1. The Morgan fingerprint density at radius 2 is 2.14 bits per heavy atom. The maximum atomic E-state index is 11.7. The van der Waals surface area contributed by atoms with Gasteiger partial charge in [-0.15, -0.1) is 6.58 Å². The fraction of sp³-hybridized carbons (Fsp3) is 0.133. The molecular weight excluding hydrogens is 304 g/mol. The average Bonchev–Trinajstić information content (AvgIpc) is 2.53. The van der Waals surface area contributed by atoms with E-state index < -0.39 is 0 Å². The van der Waals surface area contributed by atoms with E-state index in [1.807, 2.05) is 0 Å². The molecule has 7 heteroatoms. The average molecular weight is 319 g/mol. The quantitative estimate of drug-likeness (QED) is 0.801. The van der Waals surface area contributed by atoms with E-state index in [2.05, 4.69) is 27.2 Å². The minimum Gasteiger partial charge on any atom is -0.495 e. The van der Waals surface area contributed by atoms with Crippen molar-refractivity contribution in [3.8, 4) is 5.75 Å². The highest BCUT2D eigenvalue weighted by atomic mass is 35.5. The summed E-state index contributed by atoms with van der Waals surface area (Å²) in [7, 11) is 1.56. The lowest BCUT2D eigenvalue weighted by atomic mass is 10.3. The first-order valence-corrected chi connectivity index (χ1v) is 6.83. The summed E-state index contributed by atoms with van der Waals surface area (Å²) in [5, 5.41) is 6.20. The molecular formula is C15H15ClN4O2. The molecule has 0 radical (unpaired) electrons. The van der Waals surface area contributed by atoms with Gasteiger partial charge < -0.3 is 15.4 Å². The van der Waals surface area contributed by atoms with Crippen molar-refractivity contribution in [2.75, 3.05) is 19.0 Å². The first kappa shape index (κ1) is 15.8. The predicted octanol–water partition coefficient (Wildman–Crippen LogP) is 2.80. The number of nitrogens with zero attached hydrogens (tertiary/aromatic N) is 2. The van der Waals surface area contributed by atoms with Gasteiger partial charge in [0.2, 0.25) is 5.95 Å². The van der Waals surface area contributed by atoms with Crippen molar-refractivity contribution >= 4 is 29.1 Å². The van der Waals surface area contributed by atoms with E-state index in [4.69, 9.17) is 16.3 Å². The van der Waals surface area contributed by atoms with E-state index in [0.717, 1.165) is 0 Å². The van der Waals surface area contributed by atoms with Crippen molar-refractivity contribution in [2.24, 2.45) is 0 Å². The van der Waals surface area contributed by atoms with Gasteiger partial charge in [-0.1, -0.05) is 17.7 Å². The number of nitrogens with one attached hydrogen (secondary N) is 2. The third-order valence-electron chi connectivity index (χ3n) is 2.73. The zero-order chi connectivity index (χ0) is 15.9. The topological polar surface area (TPSA) is 76.1 Å². The molecule has 0 aliphatic heterocycles. The number of carbonyl (C=O) groups excluding carboxylic acids is 1. The Bertz CT molecular complexity index is 674. The second kappa shape index (κ2) is 7.42. The number of amides is 1. The van der Waals surface area contributed by atoms with Crippen molar-refractivity contribution < 1.29 is 9.53 Å². The number of benzene rings is 1. The maximum Gasteiger partial charge on any atom is 0.254 e. The summed E-state index contributed by atoms with van der Waals surface area (Å²) >= 11 is 5.96. The second-order valence-electron chi connectivity index (χ2n) is 4.26. The largest absolute Gasteiger partial charge is 0.495 e. The van der Waals surface area contributed by atoms with Crippen molar-refractivity contribution in [1.82, 2.24) is 15.3 Å². The van der Waals surface area contributed by atoms with Crippen LogP contribution in [0.4, 0.5) is 11.6 Å². The summed E-state index contributed by atoms with van der Waals surface area (Å²) in [5.74, 6) is 0.688. The third kappa shape index (κ3) is 3.95.